The Hall–Kier alpha value is -3.26. The van der Waals surface area contributed by atoms with E-state index < -0.39 is 5.91 Å². The van der Waals surface area contributed by atoms with Crippen molar-refractivity contribution >= 4 is 28.8 Å². The van der Waals surface area contributed by atoms with E-state index in [0.717, 1.165) is 5.56 Å². The number of ether oxygens (including phenoxy) is 1. The van der Waals surface area contributed by atoms with Gasteiger partial charge in [-0.1, -0.05) is 18.2 Å². The lowest BCUT2D eigenvalue weighted by molar-refractivity contribution is 0.0955. The number of amides is 2. The third kappa shape index (κ3) is 4.04. The molecule has 0 aliphatic carbocycles. The van der Waals surface area contributed by atoms with Gasteiger partial charge >= 0.3 is 0 Å². The Bertz CT molecular complexity index is 912. The van der Waals surface area contributed by atoms with E-state index in [1.807, 2.05) is 24.3 Å². The summed E-state index contributed by atoms with van der Waals surface area (Å²) in [4.78, 5) is 32.9. The number of nitrogens with one attached hydrogen (secondary N) is 2. The third-order valence-corrected chi connectivity index (χ3v) is 4.46. The Morgan fingerprint density at radius 3 is 2.77 bits per heavy atom. The molecule has 0 radical (unpaired) electrons. The van der Waals surface area contributed by atoms with Crippen molar-refractivity contribution in [2.75, 3.05) is 12.4 Å². The van der Waals surface area contributed by atoms with E-state index in [-0.39, 0.29) is 11.6 Å². The quantitative estimate of drug-likeness (QED) is 0.698. The zero-order chi connectivity index (χ0) is 18.4. The van der Waals surface area contributed by atoms with Crippen molar-refractivity contribution in [3.63, 3.8) is 0 Å². The monoisotopic (exact) mass is 368 g/mol. The topological polar surface area (TPSA) is 93.2 Å². The van der Waals surface area contributed by atoms with Gasteiger partial charge in [0.1, 0.15) is 16.3 Å². The lowest BCUT2D eigenvalue weighted by Gasteiger charge is -2.10. The van der Waals surface area contributed by atoms with Crippen LogP contribution in [-0.2, 0) is 6.54 Å². The molecular formula is C18H16N4O3S. The summed E-state index contributed by atoms with van der Waals surface area (Å²) >= 11 is 1.25. The zero-order valence-corrected chi connectivity index (χ0v) is 14.7. The maximum atomic E-state index is 12.5. The molecule has 2 amide bonds. The molecule has 26 heavy (non-hydrogen) atoms. The highest BCUT2D eigenvalue weighted by Gasteiger charge is 2.17. The maximum Gasteiger partial charge on any atom is 0.275 e. The summed E-state index contributed by atoms with van der Waals surface area (Å²) in [6, 6.07) is 9.13. The summed E-state index contributed by atoms with van der Waals surface area (Å²) in [5.41, 5.74) is 1.48. The number of thiophene rings is 1. The van der Waals surface area contributed by atoms with Crippen molar-refractivity contribution in [2.24, 2.45) is 0 Å². The van der Waals surface area contributed by atoms with Crippen molar-refractivity contribution in [1.29, 1.82) is 0 Å². The Morgan fingerprint density at radius 2 is 2.00 bits per heavy atom. The molecule has 0 fully saturated rings. The predicted octanol–water partition coefficient (Wildman–Crippen LogP) is 2.73. The molecule has 3 aromatic rings. The van der Waals surface area contributed by atoms with Crippen LogP contribution in [0, 0.1) is 0 Å². The molecular weight excluding hydrogens is 352 g/mol. The summed E-state index contributed by atoms with van der Waals surface area (Å²) in [5, 5.41) is 7.27. The average molecular weight is 368 g/mol. The Kier molecular flexibility index (Phi) is 5.55. The van der Waals surface area contributed by atoms with Gasteiger partial charge in [-0.2, -0.15) is 0 Å². The molecule has 2 aromatic heterocycles. The second kappa shape index (κ2) is 8.21. The standard InChI is InChI=1S/C18H16N4O3S/c1-25-15-5-3-2-4-12(15)10-21-18(24)16-13(6-9-26-16)22-17(23)14-11-19-7-8-20-14/h2-9,11H,10H2,1H3,(H,21,24)(H,22,23). The number of para-hydroxylation sites is 1. The van der Waals surface area contributed by atoms with Gasteiger partial charge in [-0.15, -0.1) is 11.3 Å². The second-order valence-corrected chi connectivity index (χ2v) is 6.12. The molecule has 0 unspecified atom stereocenters. The molecule has 0 spiro atoms. The van der Waals surface area contributed by atoms with Crippen molar-refractivity contribution in [3.8, 4) is 5.75 Å². The Labute approximate surface area is 154 Å². The summed E-state index contributed by atoms with van der Waals surface area (Å²) in [6.45, 7) is 0.318. The van der Waals surface area contributed by atoms with Crippen LogP contribution in [0.15, 0.2) is 54.3 Å². The number of aromatic nitrogens is 2. The SMILES string of the molecule is COc1ccccc1CNC(=O)c1sccc1NC(=O)c1cnccn1. The molecule has 132 valence electrons. The molecule has 8 heteroatoms. The minimum Gasteiger partial charge on any atom is -0.496 e. The number of anilines is 1. The second-order valence-electron chi connectivity index (χ2n) is 5.20. The molecule has 0 aliphatic rings. The van der Waals surface area contributed by atoms with Crippen molar-refractivity contribution < 1.29 is 14.3 Å². The number of nitrogens with zero attached hydrogens (tertiary/aromatic N) is 2. The molecule has 2 heterocycles. The number of benzene rings is 1. The minimum absolute atomic E-state index is 0.180. The van der Waals surface area contributed by atoms with Gasteiger partial charge < -0.3 is 15.4 Å². The first-order valence-corrected chi connectivity index (χ1v) is 8.62. The van der Waals surface area contributed by atoms with E-state index in [9.17, 15) is 9.59 Å². The van der Waals surface area contributed by atoms with Gasteiger partial charge in [0.25, 0.3) is 11.8 Å². The number of hydrogen-bond acceptors (Lipinski definition) is 6. The van der Waals surface area contributed by atoms with Gasteiger partial charge in [-0.05, 0) is 17.5 Å². The fourth-order valence-electron chi connectivity index (χ4n) is 2.29. The first-order chi connectivity index (χ1) is 12.7. The van der Waals surface area contributed by atoms with E-state index in [0.29, 0.717) is 22.9 Å². The number of methoxy groups -OCH3 is 1. The fraction of sp³-hybridized carbons (Fsp3) is 0.111. The smallest absolute Gasteiger partial charge is 0.275 e. The molecule has 1 aromatic carbocycles. The van der Waals surface area contributed by atoms with E-state index in [1.54, 1.807) is 18.6 Å². The summed E-state index contributed by atoms with van der Waals surface area (Å²) in [7, 11) is 1.58. The van der Waals surface area contributed by atoms with Gasteiger partial charge in [-0.3, -0.25) is 14.6 Å². The summed E-state index contributed by atoms with van der Waals surface area (Å²) < 4.78 is 5.28. The number of carbonyl (C=O) groups is 2. The van der Waals surface area contributed by atoms with Gasteiger partial charge in [0.15, 0.2) is 0 Å². The first kappa shape index (κ1) is 17.6. The van der Waals surface area contributed by atoms with Crippen LogP contribution in [0.5, 0.6) is 5.75 Å². The molecule has 7 nitrogen and oxygen atoms in total. The molecule has 2 N–H and O–H groups in total. The molecule has 0 saturated heterocycles. The van der Waals surface area contributed by atoms with Gasteiger partial charge in [0, 0.05) is 24.5 Å². The number of carbonyl (C=O) groups excluding carboxylic acids is 2. The molecule has 0 atom stereocenters. The van der Waals surface area contributed by atoms with E-state index in [1.165, 1.54) is 29.9 Å². The summed E-state index contributed by atoms with van der Waals surface area (Å²) in [5.74, 6) is 0.00536. The van der Waals surface area contributed by atoms with Crippen LogP contribution in [0.25, 0.3) is 0 Å². The van der Waals surface area contributed by atoms with Crippen LogP contribution in [-0.4, -0.2) is 28.9 Å². The van der Waals surface area contributed by atoms with Crippen molar-refractivity contribution in [2.45, 2.75) is 6.54 Å². The van der Waals surface area contributed by atoms with Crippen LogP contribution in [0.3, 0.4) is 0 Å². The van der Waals surface area contributed by atoms with Crippen molar-refractivity contribution in [3.05, 3.63) is 70.4 Å². The number of hydrogen-bond donors (Lipinski definition) is 2. The van der Waals surface area contributed by atoms with Gasteiger partial charge in [-0.25, -0.2) is 4.98 Å². The van der Waals surface area contributed by atoms with Gasteiger partial charge in [0.2, 0.25) is 0 Å². The normalized spacial score (nSPS) is 10.2. The highest BCUT2D eigenvalue weighted by molar-refractivity contribution is 7.12. The van der Waals surface area contributed by atoms with Crippen LogP contribution in [0.4, 0.5) is 5.69 Å². The largest absolute Gasteiger partial charge is 0.496 e. The van der Waals surface area contributed by atoms with Crippen molar-refractivity contribution in [1.82, 2.24) is 15.3 Å². The number of rotatable bonds is 6. The molecule has 0 saturated carbocycles. The Morgan fingerprint density at radius 1 is 1.15 bits per heavy atom. The minimum atomic E-state index is -0.421. The van der Waals surface area contributed by atoms with Crippen LogP contribution in [0.1, 0.15) is 25.7 Å². The van der Waals surface area contributed by atoms with Crippen LogP contribution in [0.2, 0.25) is 0 Å². The van der Waals surface area contributed by atoms with Gasteiger partial charge in [0.05, 0.1) is 19.0 Å². The zero-order valence-electron chi connectivity index (χ0n) is 13.9. The summed E-state index contributed by atoms with van der Waals surface area (Å²) in [6.07, 6.45) is 4.28. The average Bonchev–Trinajstić information content (AvgIpc) is 3.15. The fourth-order valence-corrected chi connectivity index (χ4v) is 3.06. The predicted molar refractivity (Wildman–Crippen MR) is 98.5 cm³/mol. The van der Waals surface area contributed by atoms with E-state index in [4.69, 9.17) is 4.74 Å². The van der Waals surface area contributed by atoms with Crippen LogP contribution >= 0.6 is 11.3 Å². The third-order valence-electron chi connectivity index (χ3n) is 3.55. The molecule has 3 rings (SSSR count). The van der Waals surface area contributed by atoms with Crippen LogP contribution < -0.4 is 15.4 Å². The highest BCUT2D eigenvalue weighted by Crippen LogP contribution is 2.23. The molecule has 0 bridgehead atoms. The highest BCUT2D eigenvalue weighted by atomic mass is 32.1. The van der Waals surface area contributed by atoms with E-state index >= 15 is 0 Å². The molecule has 0 aliphatic heterocycles. The Balaban J connectivity index is 1.68. The first-order valence-electron chi connectivity index (χ1n) is 7.74. The van der Waals surface area contributed by atoms with E-state index in [2.05, 4.69) is 20.6 Å². The lowest BCUT2D eigenvalue weighted by Crippen LogP contribution is -2.24. The lowest BCUT2D eigenvalue weighted by atomic mass is 10.2. The maximum absolute atomic E-state index is 12.5.